The largest absolute Gasteiger partial charge is 0.481 e. The van der Waals surface area contributed by atoms with Gasteiger partial charge in [-0.2, -0.15) is 0 Å². The van der Waals surface area contributed by atoms with Crippen LogP contribution in [0, 0.1) is 0 Å². The molecule has 0 unspecified atom stereocenters. The fraction of sp³-hybridized carbons (Fsp3) is 0.0833. The van der Waals surface area contributed by atoms with E-state index in [0.717, 1.165) is 5.56 Å². The normalized spacial score (nSPS) is 10.2. The molecule has 0 spiro atoms. The van der Waals surface area contributed by atoms with Crippen LogP contribution in [0.25, 0.3) is 11.3 Å². The summed E-state index contributed by atoms with van der Waals surface area (Å²) in [7, 11) is 0. The van der Waals surface area contributed by atoms with Crippen LogP contribution in [-0.2, 0) is 11.2 Å². The third kappa shape index (κ3) is 2.79. The van der Waals surface area contributed by atoms with Gasteiger partial charge in [0, 0.05) is 23.5 Å². The van der Waals surface area contributed by atoms with E-state index >= 15 is 0 Å². The SMILES string of the molecule is O=C(O)Cc1ccc(-c2cccnc2)nc1Cl. The fourth-order valence-corrected chi connectivity index (χ4v) is 1.65. The van der Waals surface area contributed by atoms with E-state index in [1.165, 1.54) is 0 Å². The average Bonchev–Trinajstić information content (AvgIpc) is 2.32. The van der Waals surface area contributed by atoms with E-state index in [1.54, 1.807) is 30.6 Å². The molecule has 2 rings (SSSR count). The first-order valence-electron chi connectivity index (χ1n) is 4.94. The molecule has 0 aromatic carbocycles. The summed E-state index contributed by atoms with van der Waals surface area (Å²) in [5, 5.41) is 8.90. The smallest absolute Gasteiger partial charge is 0.307 e. The van der Waals surface area contributed by atoms with Crippen molar-refractivity contribution in [1.82, 2.24) is 9.97 Å². The molecule has 0 bridgehead atoms. The highest BCUT2D eigenvalue weighted by Gasteiger charge is 2.08. The molecule has 2 heterocycles. The monoisotopic (exact) mass is 248 g/mol. The summed E-state index contributed by atoms with van der Waals surface area (Å²) in [6, 6.07) is 7.07. The molecule has 86 valence electrons. The first kappa shape index (κ1) is 11.5. The minimum Gasteiger partial charge on any atom is -0.481 e. The molecule has 1 N–H and O–H groups in total. The van der Waals surface area contributed by atoms with Gasteiger partial charge in [0.25, 0.3) is 0 Å². The van der Waals surface area contributed by atoms with Gasteiger partial charge in [0.2, 0.25) is 0 Å². The molecule has 0 atom stereocenters. The van der Waals surface area contributed by atoms with Gasteiger partial charge in [0.1, 0.15) is 5.15 Å². The lowest BCUT2D eigenvalue weighted by atomic mass is 10.1. The van der Waals surface area contributed by atoms with E-state index in [2.05, 4.69) is 9.97 Å². The second-order valence-corrected chi connectivity index (χ2v) is 3.82. The van der Waals surface area contributed by atoms with E-state index in [4.69, 9.17) is 16.7 Å². The Morgan fingerprint density at radius 3 is 2.76 bits per heavy atom. The van der Waals surface area contributed by atoms with E-state index in [9.17, 15) is 4.79 Å². The van der Waals surface area contributed by atoms with E-state index in [-0.39, 0.29) is 11.6 Å². The van der Waals surface area contributed by atoms with Crippen molar-refractivity contribution in [3.05, 3.63) is 47.4 Å². The fourth-order valence-electron chi connectivity index (χ4n) is 1.43. The Morgan fingerprint density at radius 1 is 1.35 bits per heavy atom. The maximum atomic E-state index is 10.6. The minimum atomic E-state index is -0.928. The van der Waals surface area contributed by atoms with Crippen molar-refractivity contribution in [3.63, 3.8) is 0 Å². The predicted octanol–water partition coefficient (Wildman–Crippen LogP) is 2.42. The Bertz CT molecular complexity index is 543. The molecule has 0 radical (unpaired) electrons. The molecule has 0 fully saturated rings. The van der Waals surface area contributed by atoms with Crippen molar-refractivity contribution in [3.8, 4) is 11.3 Å². The summed E-state index contributed by atoms with van der Waals surface area (Å²) in [5.74, 6) is -0.928. The van der Waals surface area contributed by atoms with Crippen LogP contribution in [0.3, 0.4) is 0 Å². The molecule has 5 heteroatoms. The summed E-state index contributed by atoms with van der Waals surface area (Å²) in [6.07, 6.45) is 3.22. The van der Waals surface area contributed by atoms with Gasteiger partial charge in [-0.25, -0.2) is 4.98 Å². The number of halogens is 1. The van der Waals surface area contributed by atoms with Crippen molar-refractivity contribution in [2.75, 3.05) is 0 Å². The number of carboxylic acid groups (broad SMARTS) is 1. The Hall–Kier alpha value is -1.94. The summed E-state index contributed by atoms with van der Waals surface area (Å²) in [5.41, 5.74) is 2.03. The van der Waals surface area contributed by atoms with E-state index < -0.39 is 5.97 Å². The van der Waals surface area contributed by atoms with Crippen molar-refractivity contribution >= 4 is 17.6 Å². The Labute approximate surface area is 103 Å². The van der Waals surface area contributed by atoms with Gasteiger partial charge in [-0.3, -0.25) is 9.78 Å². The molecular formula is C12H9ClN2O2. The number of pyridine rings is 2. The van der Waals surface area contributed by atoms with Crippen molar-refractivity contribution < 1.29 is 9.90 Å². The van der Waals surface area contributed by atoms with Crippen molar-refractivity contribution in [1.29, 1.82) is 0 Å². The summed E-state index contributed by atoms with van der Waals surface area (Å²) in [6.45, 7) is 0. The maximum absolute atomic E-state index is 10.6. The maximum Gasteiger partial charge on any atom is 0.307 e. The zero-order chi connectivity index (χ0) is 12.3. The molecule has 4 nitrogen and oxygen atoms in total. The Morgan fingerprint density at radius 2 is 2.18 bits per heavy atom. The van der Waals surface area contributed by atoms with E-state index in [1.807, 2.05) is 6.07 Å². The second-order valence-electron chi connectivity index (χ2n) is 3.46. The second kappa shape index (κ2) is 4.93. The van der Waals surface area contributed by atoms with Crippen molar-refractivity contribution in [2.45, 2.75) is 6.42 Å². The van der Waals surface area contributed by atoms with Crippen LogP contribution in [0.5, 0.6) is 0 Å². The quantitative estimate of drug-likeness (QED) is 0.848. The number of aromatic nitrogens is 2. The Balaban J connectivity index is 2.34. The molecule has 17 heavy (non-hydrogen) atoms. The standard InChI is InChI=1S/C12H9ClN2O2/c13-12-8(6-11(16)17)3-4-10(15-12)9-2-1-5-14-7-9/h1-5,7H,6H2,(H,16,17). The van der Waals surface area contributed by atoms with Crippen LogP contribution in [0.15, 0.2) is 36.7 Å². The number of carboxylic acids is 1. The summed E-state index contributed by atoms with van der Waals surface area (Å²) >= 11 is 5.93. The molecule has 0 saturated carbocycles. The molecule has 0 saturated heterocycles. The first-order valence-corrected chi connectivity index (χ1v) is 5.32. The lowest BCUT2D eigenvalue weighted by Gasteiger charge is -2.04. The first-order chi connectivity index (χ1) is 8.16. The van der Waals surface area contributed by atoms with Crippen LogP contribution in [0.2, 0.25) is 5.15 Å². The third-order valence-corrected chi connectivity index (χ3v) is 2.55. The highest BCUT2D eigenvalue weighted by molar-refractivity contribution is 6.30. The minimum absolute atomic E-state index is 0.126. The molecule has 0 aliphatic heterocycles. The lowest BCUT2D eigenvalue weighted by Crippen LogP contribution is -2.01. The van der Waals surface area contributed by atoms with Crippen LogP contribution in [0.4, 0.5) is 0 Å². The number of aliphatic carboxylic acids is 1. The topological polar surface area (TPSA) is 63.1 Å². The van der Waals surface area contributed by atoms with Gasteiger partial charge in [0.05, 0.1) is 12.1 Å². The number of rotatable bonds is 3. The zero-order valence-electron chi connectivity index (χ0n) is 8.80. The summed E-state index contributed by atoms with van der Waals surface area (Å²) in [4.78, 5) is 18.7. The van der Waals surface area contributed by atoms with Crippen LogP contribution in [-0.4, -0.2) is 21.0 Å². The van der Waals surface area contributed by atoms with Crippen LogP contribution >= 0.6 is 11.6 Å². The highest BCUT2D eigenvalue weighted by Crippen LogP contribution is 2.21. The number of nitrogens with zero attached hydrogens (tertiary/aromatic N) is 2. The predicted molar refractivity (Wildman–Crippen MR) is 63.8 cm³/mol. The average molecular weight is 249 g/mol. The zero-order valence-corrected chi connectivity index (χ0v) is 9.55. The van der Waals surface area contributed by atoms with Crippen molar-refractivity contribution in [2.24, 2.45) is 0 Å². The molecule has 2 aromatic heterocycles. The molecule has 0 aliphatic carbocycles. The van der Waals surface area contributed by atoms with Gasteiger partial charge in [-0.15, -0.1) is 0 Å². The lowest BCUT2D eigenvalue weighted by molar-refractivity contribution is -0.136. The van der Waals surface area contributed by atoms with Crippen LogP contribution < -0.4 is 0 Å². The molecular weight excluding hydrogens is 240 g/mol. The van der Waals surface area contributed by atoms with Gasteiger partial charge >= 0.3 is 5.97 Å². The van der Waals surface area contributed by atoms with Gasteiger partial charge in [-0.1, -0.05) is 17.7 Å². The van der Waals surface area contributed by atoms with Gasteiger partial charge in [0.15, 0.2) is 0 Å². The summed E-state index contributed by atoms with van der Waals surface area (Å²) < 4.78 is 0. The van der Waals surface area contributed by atoms with E-state index in [0.29, 0.717) is 11.3 Å². The molecule has 0 amide bonds. The molecule has 2 aromatic rings. The number of hydrogen-bond acceptors (Lipinski definition) is 3. The third-order valence-electron chi connectivity index (χ3n) is 2.22. The Kier molecular flexibility index (Phi) is 3.35. The highest BCUT2D eigenvalue weighted by atomic mass is 35.5. The number of hydrogen-bond donors (Lipinski definition) is 1. The van der Waals surface area contributed by atoms with Gasteiger partial charge < -0.3 is 5.11 Å². The number of carbonyl (C=O) groups is 1. The van der Waals surface area contributed by atoms with Gasteiger partial charge in [-0.05, 0) is 18.2 Å². The molecule has 0 aliphatic rings. The van der Waals surface area contributed by atoms with Crippen LogP contribution in [0.1, 0.15) is 5.56 Å².